The number of piperazine rings is 1. The second-order valence-electron chi connectivity index (χ2n) is 7.64. The first kappa shape index (κ1) is 24.0. The molecule has 13 heteroatoms. The third-order valence-electron chi connectivity index (χ3n) is 5.24. The Morgan fingerprint density at radius 3 is 2.65 bits per heavy atom. The number of halogens is 1. The molecule has 180 valence electrons. The molecule has 0 unspecified atom stereocenters. The number of carbonyl (C=O) groups excluding carboxylic acids is 2. The summed E-state index contributed by atoms with van der Waals surface area (Å²) in [4.78, 5) is 39.4. The zero-order chi connectivity index (χ0) is 24.2. The van der Waals surface area contributed by atoms with Crippen LogP contribution in [0.15, 0.2) is 38.1 Å². The molecule has 1 fully saturated rings. The van der Waals surface area contributed by atoms with Crippen molar-refractivity contribution >= 4 is 40.6 Å². The normalized spacial score (nSPS) is 13.9. The minimum absolute atomic E-state index is 0.00696. The van der Waals surface area contributed by atoms with Crippen LogP contribution in [0, 0.1) is 12.7 Å². The molecule has 1 saturated heterocycles. The number of hydrogen-bond acceptors (Lipinski definition) is 9. The highest BCUT2D eigenvalue weighted by Gasteiger charge is 2.24. The topological polar surface area (TPSA) is 114 Å². The number of thioether (sulfide) groups is 1. The lowest BCUT2D eigenvalue weighted by Crippen LogP contribution is -2.49. The van der Waals surface area contributed by atoms with Crippen LogP contribution in [-0.4, -0.2) is 63.6 Å². The molecule has 0 aliphatic carbocycles. The van der Waals surface area contributed by atoms with Crippen molar-refractivity contribution in [1.82, 2.24) is 25.2 Å². The minimum atomic E-state index is -0.619. The zero-order valence-corrected chi connectivity index (χ0v) is 20.2. The summed E-state index contributed by atoms with van der Waals surface area (Å²) in [5.41, 5.74) is 0.381. The Bertz CT molecular complexity index is 1250. The van der Waals surface area contributed by atoms with Crippen molar-refractivity contribution in [2.75, 3.05) is 36.8 Å². The first-order chi connectivity index (χ1) is 16.3. The number of benzene rings is 1. The number of aromatic nitrogens is 3. The summed E-state index contributed by atoms with van der Waals surface area (Å²) in [6, 6.07) is 4.58. The molecule has 1 aliphatic rings. The van der Waals surface area contributed by atoms with Gasteiger partial charge in [-0.25, -0.2) is 9.18 Å². The maximum absolute atomic E-state index is 14.9. The zero-order valence-electron chi connectivity index (χ0n) is 18.6. The number of anilines is 1. The van der Waals surface area contributed by atoms with E-state index in [-0.39, 0.29) is 24.0 Å². The third kappa shape index (κ3) is 5.65. The van der Waals surface area contributed by atoms with Gasteiger partial charge in [0.1, 0.15) is 17.5 Å². The predicted octanol–water partition coefficient (Wildman–Crippen LogP) is 1.94. The van der Waals surface area contributed by atoms with Crippen molar-refractivity contribution in [1.29, 1.82) is 0 Å². The van der Waals surface area contributed by atoms with Crippen molar-refractivity contribution in [3.05, 3.63) is 45.6 Å². The summed E-state index contributed by atoms with van der Waals surface area (Å²) in [6.45, 7) is 5.21. The molecule has 0 radical (unpaired) electrons. The van der Waals surface area contributed by atoms with Gasteiger partial charge in [0.2, 0.25) is 11.8 Å². The monoisotopic (exact) mass is 506 g/mol. The summed E-state index contributed by atoms with van der Waals surface area (Å²) < 4.78 is 22.0. The fourth-order valence-electron chi connectivity index (χ4n) is 3.52. The Morgan fingerprint density at radius 1 is 1.24 bits per heavy atom. The molecule has 2 aromatic heterocycles. The van der Waals surface area contributed by atoms with Crippen molar-refractivity contribution in [2.24, 2.45) is 0 Å². The van der Waals surface area contributed by atoms with Gasteiger partial charge in [-0.15, -0.1) is 10.2 Å². The molecule has 2 amide bonds. The number of carbonyl (C=O) groups is 2. The second kappa shape index (κ2) is 10.4. The van der Waals surface area contributed by atoms with Crippen LogP contribution in [0.25, 0.3) is 11.1 Å². The van der Waals surface area contributed by atoms with E-state index >= 15 is 0 Å². The summed E-state index contributed by atoms with van der Waals surface area (Å²) in [5.74, 6) is -0.417. The molecule has 0 bridgehead atoms. The van der Waals surface area contributed by atoms with E-state index in [4.69, 9.17) is 4.52 Å². The summed E-state index contributed by atoms with van der Waals surface area (Å²) in [5, 5.41) is 11.3. The second-order valence-corrected chi connectivity index (χ2v) is 10.0. The largest absolute Gasteiger partial charge is 0.366 e. The molecule has 1 N–H and O–H groups in total. The van der Waals surface area contributed by atoms with Gasteiger partial charge in [-0.1, -0.05) is 29.2 Å². The molecule has 1 aliphatic heterocycles. The van der Waals surface area contributed by atoms with E-state index < -0.39 is 11.4 Å². The van der Waals surface area contributed by atoms with E-state index in [9.17, 15) is 18.8 Å². The van der Waals surface area contributed by atoms with Gasteiger partial charge in [-0.2, -0.15) is 4.74 Å². The molecule has 4 rings (SSSR count). The molecular weight excluding hydrogens is 483 g/mol. The number of nitrogens with one attached hydrogen (secondary N) is 1. The minimum Gasteiger partial charge on any atom is -0.366 e. The lowest BCUT2D eigenvalue weighted by Gasteiger charge is -2.36. The fraction of sp³-hybridized carbons (Fsp3) is 0.381. The van der Waals surface area contributed by atoms with Crippen LogP contribution in [0.2, 0.25) is 0 Å². The van der Waals surface area contributed by atoms with E-state index in [0.29, 0.717) is 43.2 Å². The van der Waals surface area contributed by atoms with Gasteiger partial charge in [0.05, 0.1) is 23.2 Å². The van der Waals surface area contributed by atoms with Gasteiger partial charge in [0.25, 0.3) is 0 Å². The van der Waals surface area contributed by atoms with E-state index in [2.05, 4.69) is 15.5 Å². The van der Waals surface area contributed by atoms with E-state index in [1.54, 1.807) is 17.0 Å². The first-order valence-corrected chi connectivity index (χ1v) is 12.3. The molecular formula is C21H23FN6O4S2. The van der Waals surface area contributed by atoms with Gasteiger partial charge in [0.15, 0.2) is 4.34 Å². The number of aryl methyl sites for hydroxylation is 1. The molecule has 3 heterocycles. The Kier molecular flexibility index (Phi) is 7.32. The average Bonchev–Trinajstić information content (AvgIpc) is 3.41. The smallest absolute Gasteiger partial charge is 0.365 e. The molecule has 0 spiro atoms. The molecule has 1 aromatic carbocycles. The lowest BCUT2D eigenvalue weighted by molar-refractivity contribution is -0.128. The van der Waals surface area contributed by atoms with E-state index in [0.717, 1.165) is 9.35 Å². The number of rotatable bonds is 7. The Labute approximate surface area is 202 Å². The quantitative estimate of drug-likeness (QED) is 0.484. The van der Waals surface area contributed by atoms with Gasteiger partial charge in [-0.3, -0.25) is 9.59 Å². The van der Waals surface area contributed by atoms with Crippen molar-refractivity contribution in [2.45, 2.75) is 24.9 Å². The van der Waals surface area contributed by atoms with Crippen LogP contribution in [0.1, 0.15) is 11.9 Å². The predicted molar refractivity (Wildman–Crippen MR) is 126 cm³/mol. The lowest BCUT2D eigenvalue weighted by atomic mass is 10.1. The molecule has 0 atom stereocenters. The van der Waals surface area contributed by atoms with Gasteiger partial charge in [0, 0.05) is 33.1 Å². The van der Waals surface area contributed by atoms with Gasteiger partial charge in [-0.05, 0) is 24.6 Å². The Hall–Kier alpha value is -3.19. The standard InChI is InChI=1S/C21H23FN6O4S2/c1-13(29)23-12-28-10-16(20(31)32-28)15-3-4-18(17(22)9-15)26-5-7-27(8-6-26)19(30)11-33-21-25-24-14(2)34-21/h3-4,9-10H,5-8,11-12H2,1-2H3,(H,23,29). The fourth-order valence-corrected chi connectivity index (χ4v) is 5.24. The summed E-state index contributed by atoms with van der Waals surface area (Å²) >= 11 is 2.83. The van der Waals surface area contributed by atoms with Gasteiger partial charge < -0.3 is 19.6 Å². The van der Waals surface area contributed by atoms with E-state index in [1.807, 2.05) is 11.8 Å². The van der Waals surface area contributed by atoms with Gasteiger partial charge >= 0.3 is 5.63 Å². The molecule has 0 saturated carbocycles. The van der Waals surface area contributed by atoms with Crippen LogP contribution in [0.4, 0.5) is 10.1 Å². The molecule has 3 aromatic rings. The Morgan fingerprint density at radius 2 is 2.00 bits per heavy atom. The third-order valence-corrected chi connectivity index (χ3v) is 7.19. The van der Waals surface area contributed by atoms with Crippen LogP contribution >= 0.6 is 23.1 Å². The highest BCUT2D eigenvalue weighted by Crippen LogP contribution is 2.27. The van der Waals surface area contributed by atoms with Crippen molar-refractivity contribution < 1.29 is 18.5 Å². The summed E-state index contributed by atoms with van der Waals surface area (Å²) in [7, 11) is 0. The van der Waals surface area contributed by atoms with Crippen molar-refractivity contribution in [3.63, 3.8) is 0 Å². The maximum Gasteiger partial charge on any atom is 0.365 e. The Balaban J connectivity index is 1.35. The van der Waals surface area contributed by atoms with Crippen LogP contribution in [0.3, 0.4) is 0 Å². The number of amides is 2. The first-order valence-electron chi connectivity index (χ1n) is 10.5. The SMILES string of the molecule is CC(=O)NCn1cc(-c2ccc(N3CCN(C(=O)CSc4nnc(C)s4)CC3)c(F)c2)c(=O)o1. The van der Waals surface area contributed by atoms with Crippen molar-refractivity contribution in [3.8, 4) is 11.1 Å². The summed E-state index contributed by atoms with van der Waals surface area (Å²) in [6.07, 6.45) is 1.43. The highest BCUT2D eigenvalue weighted by atomic mass is 32.2. The molecule has 10 nitrogen and oxygen atoms in total. The average molecular weight is 507 g/mol. The molecule has 34 heavy (non-hydrogen) atoms. The number of nitrogens with zero attached hydrogens (tertiary/aromatic N) is 5. The number of hydrogen-bond donors (Lipinski definition) is 1. The van der Waals surface area contributed by atoms with E-state index in [1.165, 1.54) is 47.0 Å². The van der Waals surface area contributed by atoms with Crippen LogP contribution in [-0.2, 0) is 16.3 Å². The van der Waals surface area contributed by atoms with Crippen LogP contribution < -0.4 is 15.8 Å². The highest BCUT2D eigenvalue weighted by molar-refractivity contribution is 8.01. The van der Waals surface area contributed by atoms with Crippen LogP contribution in [0.5, 0.6) is 0 Å². The maximum atomic E-state index is 14.9.